The second-order valence-corrected chi connectivity index (χ2v) is 2.22. The van der Waals surface area contributed by atoms with Crippen molar-refractivity contribution in [3.05, 3.63) is 17.5 Å². The van der Waals surface area contributed by atoms with Crippen molar-refractivity contribution >= 4 is 12.4 Å². The van der Waals surface area contributed by atoms with Crippen molar-refractivity contribution in [2.45, 2.75) is 13.0 Å². The van der Waals surface area contributed by atoms with Crippen LogP contribution in [0.3, 0.4) is 0 Å². The molecule has 0 aliphatic heterocycles. The zero-order valence-corrected chi connectivity index (χ0v) is 7.31. The molecule has 0 aliphatic carbocycles. The molecule has 2 N–H and O–H groups in total. The topological polar surface area (TPSA) is 43.8 Å². The minimum atomic E-state index is -2.53. The van der Waals surface area contributed by atoms with Gasteiger partial charge in [-0.05, 0) is 0 Å². The van der Waals surface area contributed by atoms with E-state index >= 15 is 0 Å². The average molecular weight is 198 g/mol. The molecule has 6 heteroatoms. The highest BCUT2D eigenvalue weighted by molar-refractivity contribution is 5.85. The molecule has 12 heavy (non-hydrogen) atoms. The third-order valence-corrected chi connectivity index (χ3v) is 1.36. The van der Waals surface area contributed by atoms with Gasteiger partial charge in [0.05, 0.1) is 0 Å². The molecule has 1 heterocycles. The molecule has 3 nitrogen and oxygen atoms in total. The van der Waals surface area contributed by atoms with Crippen LogP contribution in [0.2, 0.25) is 0 Å². The van der Waals surface area contributed by atoms with Gasteiger partial charge in [-0.3, -0.25) is 4.68 Å². The molecule has 70 valence electrons. The Kier molecular flexibility index (Phi) is 4.12. The summed E-state index contributed by atoms with van der Waals surface area (Å²) < 4.78 is 25.5. The smallest absolute Gasteiger partial charge is 0.282 e. The molecule has 0 aromatic carbocycles. The van der Waals surface area contributed by atoms with Crippen LogP contribution in [-0.2, 0) is 13.6 Å². The summed E-state index contributed by atoms with van der Waals surface area (Å²) in [5.74, 6) is 0. The van der Waals surface area contributed by atoms with E-state index in [0.717, 1.165) is 0 Å². The number of nitrogens with zero attached hydrogens (tertiary/aromatic N) is 2. The Balaban J connectivity index is 0.00000121. The second-order valence-electron chi connectivity index (χ2n) is 2.22. The lowest BCUT2D eigenvalue weighted by molar-refractivity contribution is 0.144. The lowest BCUT2D eigenvalue weighted by Crippen LogP contribution is -1.99. The van der Waals surface area contributed by atoms with Crippen LogP contribution in [-0.4, -0.2) is 9.78 Å². The van der Waals surface area contributed by atoms with Gasteiger partial charge in [-0.1, -0.05) is 0 Å². The molecular weight excluding hydrogens is 188 g/mol. The van der Waals surface area contributed by atoms with Gasteiger partial charge in [0, 0.05) is 25.4 Å². The Morgan fingerprint density at radius 1 is 1.67 bits per heavy atom. The van der Waals surface area contributed by atoms with Gasteiger partial charge in [-0.25, -0.2) is 8.78 Å². The summed E-state index contributed by atoms with van der Waals surface area (Å²) in [6, 6.07) is 0. The van der Waals surface area contributed by atoms with Crippen molar-refractivity contribution < 1.29 is 8.78 Å². The molecule has 0 saturated carbocycles. The Labute approximate surface area is 75.0 Å². The normalized spacial score (nSPS) is 10.1. The molecule has 0 aliphatic rings. The van der Waals surface area contributed by atoms with Crippen molar-refractivity contribution in [2.24, 2.45) is 12.8 Å². The van der Waals surface area contributed by atoms with E-state index < -0.39 is 6.43 Å². The Bertz CT molecular complexity index is 249. The van der Waals surface area contributed by atoms with Crippen molar-refractivity contribution in [2.75, 3.05) is 0 Å². The molecule has 1 aromatic rings. The van der Waals surface area contributed by atoms with Crippen LogP contribution in [0.1, 0.15) is 17.7 Å². The van der Waals surface area contributed by atoms with Gasteiger partial charge in [0.1, 0.15) is 5.69 Å². The van der Waals surface area contributed by atoms with E-state index in [1.54, 1.807) is 7.05 Å². The minimum absolute atomic E-state index is 0. The SMILES string of the molecule is Cl.Cn1cc(CN)c(C(F)F)n1. The number of hydrogen-bond acceptors (Lipinski definition) is 2. The fraction of sp³-hybridized carbons (Fsp3) is 0.500. The first kappa shape index (κ1) is 11.3. The zero-order valence-electron chi connectivity index (χ0n) is 6.50. The highest BCUT2D eigenvalue weighted by Gasteiger charge is 2.15. The first-order valence-corrected chi connectivity index (χ1v) is 3.15. The largest absolute Gasteiger partial charge is 0.326 e. The second kappa shape index (κ2) is 4.37. The maximum atomic E-state index is 12.1. The maximum absolute atomic E-state index is 12.1. The van der Waals surface area contributed by atoms with Crippen LogP contribution in [0.5, 0.6) is 0 Å². The maximum Gasteiger partial charge on any atom is 0.282 e. The summed E-state index contributed by atoms with van der Waals surface area (Å²) in [7, 11) is 1.59. The Morgan fingerprint density at radius 2 is 2.25 bits per heavy atom. The highest BCUT2D eigenvalue weighted by Crippen LogP contribution is 2.19. The van der Waals surface area contributed by atoms with Gasteiger partial charge < -0.3 is 5.73 Å². The quantitative estimate of drug-likeness (QED) is 0.775. The monoisotopic (exact) mass is 197 g/mol. The lowest BCUT2D eigenvalue weighted by atomic mass is 10.2. The van der Waals surface area contributed by atoms with Crippen molar-refractivity contribution in [1.82, 2.24) is 9.78 Å². The minimum Gasteiger partial charge on any atom is -0.326 e. The molecule has 1 aromatic heterocycles. The molecule has 0 unspecified atom stereocenters. The standard InChI is InChI=1S/C6H9F2N3.ClH/c1-11-3-4(2-9)5(10-11)6(7)8;/h3,6H,2,9H2,1H3;1H. The molecule has 0 atom stereocenters. The lowest BCUT2D eigenvalue weighted by Gasteiger charge is -1.94. The number of alkyl halides is 2. The predicted octanol–water partition coefficient (Wildman–Crippen LogP) is 1.24. The number of hydrogen-bond donors (Lipinski definition) is 1. The zero-order chi connectivity index (χ0) is 8.43. The van der Waals surface area contributed by atoms with Crippen molar-refractivity contribution in [3.63, 3.8) is 0 Å². The molecule has 0 bridgehead atoms. The first-order chi connectivity index (χ1) is 5.15. The number of nitrogens with two attached hydrogens (primary N) is 1. The van der Waals surface area contributed by atoms with E-state index in [1.807, 2.05) is 0 Å². The molecular formula is C6H10ClF2N3. The van der Waals surface area contributed by atoms with Crippen LogP contribution in [0.25, 0.3) is 0 Å². The van der Waals surface area contributed by atoms with Gasteiger partial charge in [0.25, 0.3) is 6.43 Å². The van der Waals surface area contributed by atoms with Gasteiger partial charge >= 0.3 is 0 Å². The summed E-state index contributed by atoms with van der Waals surface area (Å²) >= 11 is 0. The predicted molar refractivity (Wildman–Crippen MR) is 43.3 cm³/mol. The third-order valence-electron chi connectivity index (χ3n) is 1.36. The fourth-order valence-electron chi connectivity index (χ4n) is 0.896. The van der Waals surface area contributed by atoms with E-state index in [1.165, 1.54) is 10.9 Å². The third kappa shape index (κ3) is 2.15. The highest BCUT2D eigenvalue weighted by atomic mass is 35.5. The fourth-order valence-corrected chi connectivity index (χ4v) is 0.896. The summed E-state index contributed by atoms with van der Waals surface area (Å²) in [6.07, 6.45) is -1.03. The summed E-state index contributed by atoms with van der Waals surface area (Å²) in [5, 5.41) is 3.57. The summed E-state index contributed by atoms with van der Waals surface area (Å²) in [4.78, 5) is 0. The number of halogens is 3. The van der Waals surface area contributed by atoms with E-state index in [-0.39, 0.29) is 24.6 Å². The van der Waals surface area contributed by atoms with Crippen molar-refractivity contribution in [1.29, 1.82) is 0 Å². The van der Waals surface area contributed by atoms with Crippen LogP contribution in [0, 0.1) is 0 Å². The van der Waals surface area contributed by atoms with Crippen molar-refractivity contribution in [3.8, 4) is 0 Å². The number of aromatic nitrogens is 2. The Hall–Kier alpha value is -0.680. The Morgan fingerprint density at radius 3 is 2.58 bits per heavy atom. The molecule has 0 fully saturated rings. The van der Waals surface area contributed by atoms with E-state index in [0.29, 0.717) is 5.56 Å². The van der Waals surface area contributed by atoms with Crippen LogP contribution in [0.4, 0.5) is 8.78 Å². The van der Waals surface area contributed by atoms with E-state index in [2.05, 4.69) is 5.10 Å². The van der Waals surface area contributed by atoms with E-state index in [4.69, 9.17) is 5.73 Å². The van der Waals surface area contributed by atoms with Gasteiger partial charge in [0.15, 0.2) is 0 Å². The summed E-state index contributed by atoms with van der Waals surface area (Å²) in [6.45, 7) is 0.105. The van der Waals surface area contributed by atoms with Gasteiger partial charge in [-0.15, -0.1) is 12.4 Å². The molecule has 1 rings (SSSR count). The van der Waals surface area contributed by atoms with Crippen LogP contribution >= 0.6 is 12.4 Å². The molecule has 0 saturated heterocycles. The number of rotatable bonds is 2. The average Bonchev–Trinajstić information content (AvgIpc) is 2.30. The first-order valence-electron chi connectivity index (χ1n) is 3.15. The van der Waals surface area contributed by atoms with Crippen LogP contribution < -0.4 is 5.73 Å². The molecule has 0 spiro atoms. The van der Waals surface area contributed by atoms with Crippen LogP contribution in [0.15, 0.2) is 6.20 Å². The molecule has 0 radical (unpaired) electrons. The number of aryl methyl sites for hydroxylation is 1. The molecule has 0 amide bonds. The van der Waals surface area contributed by atoms with Gasteiger partial charge in [0.2, 0.25) is 0 Å². The summed E-state index contributed by atoms with van der Waals surface area (Å²) in [5.41, 5.74) is 5.41. The van der Waals surface area contributed by atoms with Gasteiger partial charge in [-0.2, -0.15) is 5.10 Å². The van der Waals surface area contributed by atoms with E-state index in [9.17, 15) is 8.78 Å².